The van der Waals surface area contributed by atoms with Crippen molar-refractivity contribution in [2.24, 2.45) is 0 Å². The smallest absolute Gasteiger partial charge is 0.276 e. The van der Waals surface area contributed by atoms with Gasteiger partial charge in [0.1, 0.15) is 18.1 Å². The first-order chi connectivity index (χ1) is 13.4. The van der Waals surface area contributed by atoms with Gasteiger partial charge >= 0.3 is 0 Å². The molecule has 0 aliphatic rings. The standard InChI is InChI=1S/C19H20BrClN4O3/c1-4-25-9-16(20)17(22-25)10-24(3)19(26)18-15(12(2)28-23-18)11-27-14-7-5-6-13(21)8-14/h5-9H,4,10-11H2,1-3H3. The van der Waals surface area contributed by atoms with E-state index in [1.807, 2.05) is 17.8 Å². The van der Waals surface area contributed by atoms with Gasteiger partial charge in [-0.25, -0.2) is 0 Å². The number of rotatable bonds is 7. The van der Waals surface area contributed by atoms with Crippen LogP contribution in [0.4, 0.5) is 0 Å². The van der Waals surface area contributed by atoms with Crippen LogP contribution in [0.25, 0.3) is 0 Å². The molecule has 0 fully saturated rings. The highest BCUT2D eigenvalue weighted by molar-refractivity contribution is 9.10. The highest BCUT2D eigenvalue weighted by atomic mass is 79.9. The van der Waals surface area contributed by atoms with Crippen LogP contribution in [0.5, 0.6) is 5.75 Å². The summed E-state index contributed by atoms with van der Waals surface area (Å²) in [4.78, 5) is 14.5. The maximum absolute atomic E-state index is 12.9. The van der Waals surface area contributed by atoms with Crippen molar-refractivity contribution in [3.8, 4) is 5.75 Å². The molecule has 1 aromatic carbocycles. The van der Waals surface area contributed by atoms with Crippen LogP contribution in [0.15, 0.2) is 39.5 Å². The minimum Gasteiger partial charge on any atom is -0.489 e. The third-order valence-corrected chi connectivity index (χ3v) is 5.11. The summed E-state index contributed by atoms with van der Waals surface area (Å²) in [6, 6.07) is 7.07. The number of hydrogen-bond donors (Lipinski definition) is 0. The molecule has 9 heteroatoms. The molecular formula is C19H20BrClN4O3. The maximum Gasteiger partial charge on any atom is 0.276 e. The molecule has 0 unspecified atom stereocenters. The van der Waals surface area contributed by atoms with Gasteiger partial charge in [-0.15, -0.1) is 0 Å². The van der Waals surface area contributed by atoms with E-state index in [0.717, 1.165) is 16.7 Å². The molecule has 1 amide bonds. The van der Waals surface area contributed by atoms with Gasteiger partial charge in [0.15, 0.2) is 5.69 Å². The summed E-state index contributed by atoms with van der Waals surface area (Å²) in [7, 11) is 1.70. The maximum atomic E-state index is 12.9. The van der Waals surface area contributed by atoms with Crippen LogP contribution in [-0.4, -0.2) is 32.8 Å². The molecule has 0 N–H and O–H groups in total. The highest BCUT2D eigenvalue weighted by Crippen LogP contribution is 2.22. The second-order valence-electron chi connectivity index (χ2n) is 6.25. The van der Waals surface area contributed by atoms with Crippen molar-refractivity contribution in [2.75, 3.05) is 7.05 Å². The molecule has 0 radical (unpaired) electrons. The lowest BCUT2D eigenvalue weighted by atomic mass is 10.2. The molecule has 0 bridgehead atoms. The van der Waals surface area contributed by atoms with E-state index in [-0.39, 0.29) is 18.2 Å². The Morgan fingerprint density at radius 3 is 2.89 bits per heavy atom. The number of hydrogen-bond acceptors (Lipinski definition) is 5. The summed E-state index contributed by atoms with van der Waals surface area (Å²) in [5.41, 5.74) is 1.61. The minimum absolute atomic E-state index is 0.152. The van der Waals surface area contributed by atoms with Gasteiger partial charge in [0.25, 0.3) is 5.91 Å². The lowest BCUT2D eigenvalue weighted by Gasteiger charge is -2.15. The van der Waals surface area contributed by atoms with E-state index in [2.05, 4.69) is 26.2 Å². The average Bonchev–Trinajstić information content (AvgIpc) is 3.21. The van der Waals surface area contributed by atoms with Gasteiger partial charge in [0, 0.05) is 24.8 Å². The first-order valence-corrected chi connectivity index (χ1v) is 9.87. The van der Waals surface area contributed by atoms with Crippen molar-refractivity contribution in [2.45, 2.75) is 33.5 Å². The number of aryl methyl sites for hydroxylation is 2. The van der Waals surface area contributed by atoms with Crippen LogP contribution in [0.3, 0.4) is 0 Å². The van der Waals surface area contributed by atoms with E-state index < -0.39 is 0 Å². The van der Waals surface area contributed by atoms with E-state index in [0.29, 0.717) is 28.6 Å². The SMILES string of the molecule is CCn1cc(Br)c(CN(C)C(=O)c2noc(C)c2COc2cccc(Cl)c2)n1. The molecule has 0 spiro atoms. The molecular weight excluding hydrogens is 448 g/mol. The number of halogens is 2. The first-order valence-electron chi connectivity index (χ1n) is 8.69. The zero-order valence-corrected chi connectivity index (χ0v) is 18.1. The van der Waals surface area contributed by atoms with Crippen LogP contribution >= 0.6 is 27.5 Å². The van der Waals surface area contributed by atoms with Crippen molar-refractivity contribution >= 4 is 33.4 Å². The largest absolute Gasteiger partial charge is 0.489 e. The number of ether oxygens (including phenoxy) is 1. The lowest BCUT2D eigenvalue weighted by molar-refractivity contribution is 0.0770. The summed E-state index contributed by atoms with van der Waals surface area (Å²) in [5.74, 6) is 0.878. The zero-order chi connectivity index (χ0) is 20.3. The lowest BCUT2D eigenvalue weighted by Crippen LogP contribution is -2.28. The van der Waals surface area contributed by atoms with Gasteiger partial charge < -0.3 is 14.2 Å². The van der Waals surface area contributed by atoms with Gasteiger partial charge in [-0.1, -0.05) is 22.8 Å². The van der Waals surface area contributed by atoms with E-state index in [4.69, 9.17) is 20.9 Å². The molecule has 28 heavy (non-hydrogen) atoms. The second-order valence-corrected chi connectivity index (χ2v) is 7.54. The molecule has 0 saturated heterocycles. The number of benzene rings is 1. The second kappa shape index (κ2) is 8.79. The number of carbonyl (C=O) groups excluding carboxylic acids is 1. The molecule has 0 saturated carbocycles. The fourth-order valence-corrected chi connectivity index (χ4v) is 3.25. The molecule has 3 aromatic rings. The predicted molar refractivity (Wildman–Crippen MR) is 108 cm³/mol. The third-order valence-electron chi connectivity index (χ3n) is 4.21. The Bertz CT molecular complexity index is 985. The molecule has 3 rings (SSSR count). The van der Waals surface area contributed by atoms with Crippen LogP contribution in [-0.2, 0) is 19.7 Å². The van der Waals surface area contributed by atoms with Gasteiger partial charge in [0.2, 0.25) is 0 Å². The third kappa shape index (κ3) is 4.56. The number of nitrogens with zero attached hydrogens (tertiary/aromatic N) is 4. The monoisotopic (exact) mass is 466 g/mol. The average molecular weight is 468 g/mol. The van der Waals surface area contributed by atoms with Crippen molar-refractivity contribution in [3.63, 3.8) is 0 Å². The molecule has 0 aliphatic carbocycles. The van der Waals surface area contributed by atoms with Crippen LogP contribution in [0, 0.1) is 6.92 Å². The summed E-state index contributed by atoms with van der Waals surface area (Å²) in [5, 5.41) is 8.97. The number of amides is 1. The molecule has 2 aromatic heterocycles. The summed E-state index contributed by atoms with van der Waals surface area (Å²) >= 11 is 9.46. The van der Waals surface area contributed by atoms with E-state index in [1.54, 1.807) is 43.1 Å². The molecule has 0 aliphatic heterocycles. The zero-order valence-electron chi connectivity index (χ0n) is 15.8. The summed E-state index contributed by atoms with van der Waals surface area (Å²) < 4.78 is 13.7. The van der Waals surface area contributed by atoms with E-state index >= 15 is 0 Å². The predicted octanol–water partition coefficient (Wildman–Crippen LogP) is 4.47. The highest BCUT2D eigenvalue weighted by Gasteiger charge is 2.24. The Labute approximate surface area is 176 Å². The molecule has 148 valence electrons. The van der Waals surface area contributed by atoms with Crippen molar-refractivity contribution in [1.82, 2.24) is 19.8 Å². The minimum atomic E-state index is -0.264. The molecule has 7 nitrogen and oxygen atoms in total. The fourth-order valence-electron chi connectivity index (χ4n) is 2.62. The Hall–Kier alpha value is -2.32. The van der Waals surface area contributed by atoms with Gasteiger partial charge in [-0.05, 0) is 48.0 Å². The summed E-state index contributed by atoms with van der Waals surface area (Å²) in [6.07, 6.45) is 1.89. The van der Waals surface area contributed by atoms with Crippen LogP contribution < -0.4 is 4.74 Å². The Balaban J connectivity index is 1.73. The first kappa shape index (κ1) is 20.4. The summed E-state index contributed by atoms with van der Waals surface area (Å²) in [6.45, 7) is 5.00. The molecule has 0 atom stereocenters. The van der Waals surface area contributed by atoms with Gasteiger partial charge in [-0.3, -0.25) is 9.48 Å². The quantitative estimate of drug-likeness (QED) is 0.513. The van der Waals surface area contributed by atoms with Gasteiger partial charge in [0.05, 0.1) is 22.3 Å². The molecule has 2 heterocycles. The Morgan fingerprint density at radius 1 is 1.43 bits per heavy atom. The van der Waals surface area contributed by atoms with Crippen LogP contribution in [0.1, 0.15) is 34.4 Å². The van der Waals surface area contributed by atoms with Crippen molar-refractivity contribution in [3.05, 3.63) is 62.7 Å². The van der Waals surface area contributed by atoms with E-state index in [1.165, 1.54) is 0 Å². The topological polar surface area (TPSA) is 73.4 Å². The number of carbonyl (C=O) groups is 1. The normalized spacial score (nSPS) is 10.9. The Morgan fingerprint density at radius 2 is 2.21 bits per heavy atom. The van der Waals surface area contributed by atoms with Gasteiger partial charge in [-0.2, -0.15) is 5.10 Å². The Kier molecular flexibility index (Phi) is 6.41. The number of aromatic nitrogens is 3. The van der Waals surface area contributed by atoms with Crippen LogP contribution in [0.2, 0.25) is 5.02 Å². The van der Waals surface area contributed by atoms with Crippen molar-refractivity contribution < 1.29 is 14.1 Å². The van der Waals surface area contributed by atoms with Crippen molar-refractivity contribution in [1.29, 1.82) is 0 Å². The van der Waals surface area contributed by atoms with E-state index in [9.17, 15) is 4.79 Å². The fraction of sp³-hybridized carbons (Fsp3) is 0.316.